The highest BCUT2D eigenvalue weighted by atomic mass is 16.5. The molecule has 0 amide bonds. The van der Waals surface area contributed by atoms with E-state index in [0.29, 0.717) is 0 Å². The van der Waals surface area contributed by atoms with Crippen molar-refractivity contribution in [1.82, 2.24) is 5.32 Å². The molecule has 0 aromatic carbocycles. The normalized spacial score (nSPS) is 12.9. The fraction of sp³-hybridized carbons (Fsp3) is 1.00. The number of nitrogens with one attached hydrogen (secondary N) is 1. The van der Waals surface area contributed by atoms with E-state index in [2.05, 4.69) is 19.2 Å². The van der Waals surface area contributed by atoms with Crippen LogP contribution in [0.3, 0.4) is 0 Å². The zero-order chi connectivity index (χ0) is 12.8. The molecule has 1 N–H and O–H groups in total. The van der Waals surface area contributed by atoms with Crippen molar-refractivity contribution in [2.24, 2.45) is 5.92 Å². The molecule has 2 nitrogen and oxygen atoms in total. The SMILES string of the molecule is CCCOCCCC(CCC)CCCCNC. The van der Waals surface area contributed by atoms with Gasteiger partial charge in [0.1, 0.15) is 0 Å². The van der Waals surface area contributed by atoms with Gasteiger partial charge in [-0.15, -0.1) is 0 Å². The zero-order valence-electron chi connectivity index (χ0n) is 12.3. The average molecular weight is 243 g/mol. The second kappa shape index (κ2) is 14.0. The molecule has 1 atom stereocenters. The number of hydrogen-bond acceptors (Lipinski definition) is 2. The Balaban J connectivity index is 3.45. The Morgan fingerprint density at radius 3 is 2.29 bits per heavy atom. The van der Waals surface area contributed by atoms with E-state index in [1.54, 1.807) is 0 Å². The lowest BCUT2D eigenvalue weighted by molar-refractivity contribution is 0.126. The van der Waals surface area contributed by atoms with E-state index in [9.17, 15) is 0 Å². The van der Waals surface area contributed by atoms with Crippen molar-refractivity contribution >= 4 is 0 Å². The van der Waals surface area contributed by atoms with Gasteiger partial charge in [-0.25, -0.2) is 0 Å². The summed E-state index contributed by atoms with van der Waals surface area (Å²) in [4.78, 5) is 0. The van der Waals surface area contributed by atoms with Crippen molar-refractivity contribution in [3.05, 3.63) is 0 Å². The summed E-state index contributed by atoms with van der Waals surface area (Å²) in [6.07, 6.45) is 10.6. The first kappa shape index (κ1) is 16.9. The molecule has 0 aliphatic rings. The van der Waals surface area contributed by atoms with Crippen LogP contribution in [0.25, 0.3) is 0 Å². The summed E-state index contributed by atoms with van der Waals surface area (Å²) < 4.78 is 5.54. The van der Waals surface area contributed by atoms with Gasteiger partial charge in [0.15, 0.2) is 0 Å². The van der Waals surface area contributed by atoms with Gasteiger partial charge >= 0.3 is 0 Å². The van der Waals surface area contributed by atoms with Gasteiger partial charge in [0.25, 0.3) is 0 Å². The molecular weight excluding hydrogens is 210 g/mol. The fourth-order valence-corrected chi connectivity index (χ4v) is 2.30. The summed E-state index contributed by atoms with van der Waals surface area (Å²) in [6, 6.07) is 0. The smallest absolute Gasteiger partial charge is 0.0466 e. The Hall–Kier alpha value is -0.0800. The molecule has 1 unspecified atom stereocenters. The van der Waals surface area contributed by atoms with Gasteiger partial charge < -0.3 is 10.1 Å². The molecule has 104 valence electrons. The Morgan fingerprint density at radius 2 is 1.65 bits per heavy atom. The summed E-state index contributed by atoms with van der Waals surface area (Å²) in [5.74, 6) is 0.932. The van der Waals surface area contributed by atoms with Crippen LogP contribution in [0.2, 0.25) is 0 Å². The van der Waals surface area contributed by atoms with E-state index in [-0.39, 0.29) is 0 Å². The van der Waals surface area contributed by atoms with Crippen molar-refractivity contribution in [2.45, 2.75) is 65.2 Å². The number of ether oxygens (including phenoxy) is 1. The van der Waals surface area contributed by atoms with Crippen LogP contribution >= 0.6 is 0 Å². The quantitative estimate of drug-likeness (QED) is 0.494. The summed E-state index contributed by atoms with van der Waals surface area (Å²) >= 11 is 0. The first-order chi connectivity index (χ1) is 8.35. The molecule has 0 aromatic heterocycles. The monoisotopic (exact) mass is 243 g/mol. The molecule has 0 aromatic rings. The van der Waals surface area contributed by atoms with Gasteiger partial charge in [-0.2, -0.15) is 0 Å². The Morgan fingerprint density at radius 1 is 0.882 bits per heavy atom. The molecule has 2 heteroatoms. The van der Waals surface area contributed by atoms with Gasteiger partial charge in [-0.05, 0) is 45.2 Å². The highest BCUT2D eigenvalue weighted by Gasteiger charge is 2.07. The summed E-state index contributed by atoms with van der Waals surface area (Å²) in [6.45, 7) is 7.53. The number of rotatable bonds is 13. The molecule has 0 aliphatic carbocycles. The van der Waals surface area contributed by atoms with E-state index in [4.69, 9.17) is 4.74 Å². The Kier molecular flexibility index (Phi) is 13.9. The standard InChI is InChI=1S/C15H33NO/c1-4-9-15(10-6-7-12-16-3)11-8-14-17-13-5-2/h15-16H,4-14H2,1-3H3. The third-order valence-electron chi connectivity index (χ3n) is 3.24. The molecule has 0 aliphatic heterocycles. The Labute approximate surface area is 109 Å². The predicted octanol–water partition coefficient (Wildman–Crippen LogP) is 4.00. The minimum atomic E-state index is 0.931. The molecule has 0 radical (unpaired) electrons. The van der Waals surface area contributed by atoms with Gasteiger partial charge in [0.2, 0.25) is 0 Å². The van der Waals surface area contributed by atoms with E-state index in [0.717, 1.165) is 25.6 Å². The maximum Gasteiger partial charge on any atom is 0.0466 e. The van der Waals surface area contributed by atoms with Crippen LogP contribution in [0.4, 0.5) is 0 Å². The van der Waals surface area contributed by atoms with E-state index in [1.165, 1.54) is 51.5 Å². The lowest BCUT2D eigenvalue weighted by Crippen LogP contribution is -2.09. The average Bonchev–Trinajstić information content (AvgIpc) is 2.34. The highest BCUT2D eigenvalue weighted by Crippen LogP contribution is 2.20. The largest absolute Gasteiger partial charge is 0.381 e. The van der Waals surface area contributed by atoms with Crippen LogP contribution in [-0.4, -0.2) is 26.8 Å². The highest BCUT2D eigenvalue weighted by molar-refractivity contribution is 4.60. The van der Waals surface area contributed by atoms with E-state index < -0.39 is 0 Å². The molecule has 0 spiro atoms. The Bertz CT molecular complexity index is 139. The van der Waals surface area contributed by atoms with Crippen LogP contribution in [0, 0.1) is 5.92 Å². The minimum absolute atomic E-state index is 0.931. The van der Waals surface area contributed by atoms with Gasteiger partial charge in [0, 0.05) is 13.2 Å². The molecule has 0 saturated carbocycles. The third-order valence-corrected chi connectivity index (χ3v) is 3.24. The molecular formula is C15H33NO. The van der Waals surface area contributed by atoms with Crippen LogP contribution in [-0.2, 0) is 4.74 Å². The number of hydrogen-bond donors (Lipinski definition) is 1. The van der Waals surface area contributed by atoms with E-state index >= 15 is 0 Å². The fourth-order valence-electron chi connectivity index (χ4n) is 2.30. The molecule has 0 bridgehead atoms. The van der Waals surface area contributed by atoms with Crippen LogP contribution in [0.1, 0.15) is 65.2 Å². The maximum atomic E-state index is 5.54. The molecule has 0 fully saturated rings. The second-order valence-electron chi connectivity index (χ2n) is 5.01. The van der Waals surface area contributed by atoms with Crippen molar-refractivity contribution in [3.8, 4) is 0 Å². The number of unbranched alkanes of at least 4 members (excludes halogenated alkanes) is 1. The van der Waals surface area contributed by atoms with Crippen molar-refractivity contribution < 1.29 is 4.74 Å². The van der Waals surface area contributed by atoms with Crippen molar-refractivity contribution in [2.75, 3.05) is 26.8 Å². The maximum absolute atomic E-state index is 5.54. The topological polar surface area (TPSA) is 21.3 Å². The zero-order valence-corrected chi connectivity index (χ0v) is 12.3. The lowest BCUT2D eigenvalue weighted by Gasteiger charge is -2.16. The summed E-state index contributed by atoms with van der Waals surface area (Å²) in [5, 5.41) is 3.22. The first-order valence-electron chi connectivity index (χ1n) is 7.57. The van der Waals surface area contributed by atoms with Gasteiger partial charge in [0.05, 0.1) is 0 Å². The van der Waals surface area contributed by atoms with E-state index in [1.807, 2.05) is 7.05 Å². The van der Waals surface area contributed by atoms with Gasteiger partial charge in [-0.1, -0.05) is 39.5 Å². The summed E-state index contributed by atoms with van der Waals surface area (Å²) in [7, 11) is 2.04. The van der Waals surface area contributed by atoms with Crippen molar-refractivity contribution in [1.29, 1.82) is 0 Å². The van der Waals surface area contributed by atoms with Gasteiger partial charge in [-0.3, -0.25) is 0 Å². The second-order valence-corrected chi connectivity index (χ2v) is 5.01. The molecule has 0 rings (SSSR count). The van der Waals surface area contributed by atoms with Crippen LogP contribution in [0.15, 0.2) is 0 Å². The summed E-state index contributed by atoms with van der Waals surface area (Å²) in [5.41, 5.74) is 0. The van der Waals surface area contributed by atoms with Crippen LogP contribution < -0.4 is 5.32 Å². The predicted molar refractivity (Wildman–Crippen MR) is 76.5 cm³/mol. The molecule has 0 heterocycles. The van der Waals surface area contributed by atoms with Crippen LogP contribution in [0.5, 0.6) is 0 Å². The molecule has 0 saturated heterocycles. The van der Waals surface area contributed by atoms with Crippen molar-refractivity contribution in [3.63, 3.8) is 0 Å². The molecule has 17 heavy (non-hydrogen) atoms. The first-order valence-corrected chi connectivity index (χ1v) is 7.57. The lowest BCUT2D eigenvalue weighted by atomic mass is 9.92. The minimum Gasteiger partial charge on any atom is -0.381 e. The third kappa shape index (κ3) is 12.2.